The number of hydrogen-bond acceptors (Lipinski definition) is 3. The van der Waals surface area contributed by atoms with Crippen molar-refractivity contribution < 1.29 is 13.2 Å². The van der Waals surface area contributed by atoms with E-state index in [9.17, 15) is 8.42 Å². The molecule has 0 aromatic heterocycles. The van der Waals surface area contributed by atoms with Crippen LogP contribution in [0.3, 0.4) is 0 Å². The molecule has 1 aromatic carbocycles. The molecule has 0 N–H and O–H groups in total. The van der Waals surface area contributed by atoms with Crippen LogP contribution in [-0.2, 0) is 14.9 Å². The monoisotopic (exact) mass is 310 g/mol. The third-order valence-electron chi connectivity index (χ3n) is 4.20. The van der Waals surface area contributed by atoms with Crippen LogP contribution >= 0.6 is 0 Å². The smallest absolute Gasteiger partial charge is 0.281 e. The van der Waals surface area contributed by atoms with Gasteiger partial charge >= 0.3 is 0 Å². The summed E-state index contributed by atoms with van der Waals surface area (Å²) in [6, 6.07) is 9.88. The lowest BCUT2D eigenvalue weighted by Gasteiger charge is -2.38. The molecule has 21 heavy (non-hydrogen) atoms. The third kappa shape index (κ3) is 3.13. The van der Waals surface area contributed by atoms with E-state index >= 15 is 0 Å². The summed E-state index contributed by atoms with van der Waals surface area (Å²) >= 11 is 0. The van der Waals surface area contributed by atoms with Gasteiger partial charge in [0.1, 0.15) is 0 Å². The third-order valence-corrected chi connectivity index (χ3v) is 6.07. The first kappa shape index (κ1) is 15.0. The van der Waals surface area contributed by atoms with Gasteiger partial charge in [0.2, 0.25) is 0 Å². The summed E-state index contributed by atoms with van der Waals surface area (Å²) in [7, 11) is -0.237. The predicted molar refractivity (Wildman–Crippen MR) is 81.0 cm³/mol. The second kappa shape index (κ2) is 5.68. The maximum absolute atomic E-state index is 12.4. The molecule has 1 aromatic rings. The second-order valence-corrected chi connectivity index (χ2v) is 8.16. The fraction of sp³-hybridized carbons (Fsp3) is 0.600. The Morgan fingerprint density at radius 2 is 1.81 bits per heavy atom. The molecule has 1 saturated heterocycles. The van der Waals surface area contributed by atoms with Crippen molar-refractivity contribution in [1.29, 1.82) is 0 Å². The summed E-state index contributed by atoms with van der Waals surface area (Å²) < 4.78 is 33.9. The van der Waals surface area contributed by atoms with Crippen molar-refractivity contribution in [3.05, 3.63) is 35.9 Å². The van der Waals surface area contributed by atoms with Crippen molar-refractivity contribution in [2.24, 2.45) is 5.92 Å². The van der Waals surface area contributed by atoms with Gasteiger partial charge in [-0.05, 0) is 24.3 Å². The molecule has 6 heteroatoms. The molecule has 0 amide bonds. The first-order valence-corrected chi connectivity index (χ1v) is 8.76. The molecule has 0 unspecified atom stereocenters. The first-order valence-electron chi connectivity index (χ1n) is 7.36. The van der Waals surface area contributed by atoms with E-state index in [1.165, 1.54) is 4.31 Å². The van der Waals surface area contributed by atoms with Crippen molar-refractivity contribution in [2.45, 2.75) is 25.0 Å². The minimum atomic E-state index is -3.39. The van der Waals surface area contributed by atoms with E-state index in [1.54, 1.807) is 18.4 Å². The van der Waals surface area contributed by atoms with Crippen molar-refractivity contribution in [1.82, 2.24) is 8.61 Å². The Morgan fingerprint density at radius 1 is 1.14 bits per heavy atom. The highest BCUT2D eigenvalue weighted by Gasteiger charge is 2.42. The Bertz CT molecular complexity index is 584. The van der Waals surface area contributed by atoms with Crippen molar-refractivity contribution in [3.8, 4) is 0 Å². The molecular formula is C15H22N2O3S. The summed E-state index contributed by atoms with van der Waals surface area (Å²) in [6.07, 6.45) is 2.11. The molecule has 2 aliphatic rings. The lowest BCUT2D eigenvalue weighted by atomic mass is 10.1. The summed E-state index contributed by atoms with van der Waals surface area (Å²) in [6.45, 7) is 0.849. The van der Waals surface area contributed by atoms with Crippen molar-refractivity contribution in [2.75, 3.05) is 27.2 Å². The molecule has 2 fully saturated rings. The number of morpholine rings is 1. The quantitative estimate of drug-likeness (QED) is 0.849. The van der Waals surface area contributed by atoms with E-state index in [-0.39, 0.29) is 12.2 Å². The average molecular weight is 310 g/mol. The van der Waals surface area contributed by atoms with E-state index < -0.39 is 10.2 Å². The highest BCUT2D eigenvalue weighted by Crippen LogP contribution is 2.40. The van der Waals surface area contributed by atoms with E-state index in [0.717, 1.165) is 18.4 Å². The van der Waals surface area contributed by atoms with Crippen LogP contribution < -0.4 is 0 Å². The maximum Gasteiger partial charge on any atom is 0.281 e. The SMILES string of the molecule is CN(C)S(=O)(=O)N1C[C@@H](c2ccccc2)O[C@@H](C2CC2)C1. The van der Waals surface area contributed by atoms with Crippen LogP contribution in [0.4, 0.5) is 0 Å². The largest absolute Gasteiger partial charge is 0.367 e. The average Bonchev–Trinajstić information content (AvgIpc) is 3.32. The number of nitrogens with zero attached hydrogens (tertiary/aromatic N) is 2. The number of benzene rings is 1. The Labute approximate surface area is 126 Å². The fourth-order valence-electron chi connectivity index (χ4n) is 2.76. The van der Waals surface area contributed by atoms with Gasteiger partial charge < -0.3 is 4.74 Å². The molecule has 3 rings (SSSR count). The first-order chi connectivity index (χ1) is 9.98. The summed E-state index contributed by atoms with van der Waals surface area (Å²) in [4.78, 5) is 0. The van der Waals surface area contributed by atoms with E-state index in [4.69, 9.17) is 4.74 Å². The second-order valence-electron chi connectivity index (χ2n) is 6.02. The molecule has 1 saturated carbocycles. The number of rotatable bonds is 4. The molecule has 5 nitrogen and oxygen atoms in total. The lowest BCUT2D eigenvalue weighted by Crippen LogP contribution is -2.51. The van der Waals surface area contributed by atoms with Gasteiger partial charge in [0.15, 0.2) is 0 Å². The molecular weight excluding hydrogens is 288 g/mol. The van der Waals surface area contributed by atoms with Crippen LogP contribution in [0.15, 0.2) is 30.3 Å². The Balaban J connectivity index is 1.85. The zero-order valence-corrected chi connectivity index (χ0v) is 13.3. The van der Waals surface area contributed by atoms with E-state index in [0.29, 0.717) is 19.0 Å². The van der Waals surface area contributed by atoms with Crippen LogP contribution in [-0.4, -0.2) is 50.3 Å². The summed E-state index contributed by atoms with van der Waals surface area (Å²) in [5.41, 5.74) is 1.04. The molecule has 2 atom stereocenters. The fourth-order valence-corrected chi connectivity index (χ4v) is 3.88. The van der Waals surface area contributed by atoms with Crippen LogP contribution in [0, 0.1) is 5.92 Å². The van der Waals surface area contributed by atoms with Gasteiger partial charge in [0, 0.05) is 27.2 Å². The zero-order valence-electron chi connectivity index (χ0n) is 12.5. The van der Waals surface area contributed by atoms with Gasteiger partial charge in [-0.15, -0.1) is 0 Å². The van der Waals surface area contributed by atoms with Gasteiger partial charge in [0.05, 0.1) is 12.2 Å². The molecule has 1 aliphatic heterocycles. The lowest BCUT2D eigenvalue weighted by molar-refractivity contribution is -0.0756. The van der Waals surface area contributed by atoms with Crippen molar-refractivity contribution >= 4 is 10.2 Å². The number of hydrogen-bond donors (Lipinski definition) is 0. The normalized spacial score (nSPS) is 28.0. The van der Waals surface area contributed by atoms with E-state index in [2.05, 4.69) is 0 Å². The van der Waals surface area contributed by atoms with E-state index in [1.807, 2.05) is 30.3 Å². The molecule has 0 spiro atoms. The molecule has 0 bridgehead atoms. The van der Waals surface area contributed by atoms with Gasteiger partial charge in [-0.3, -0.25) is 0 Å². The molecule has 1 heterocycles. The van der Waals surface area contributed by atoms with Crippen molar-refractivity contribution in [3.63, 3.8) is 0 Å². The minimum absolute atomic E-state index is 0.0127. The Morgan fingerprint density at radius 3 is 2.38 bits per heavy atom. The predicted octanol–water partition coefficient (Wildman–Crippen LogP) is 1.64. The summed E-state index contributed by atoms with van der Waals surface area (Å²) in [5.74, 6) is 0.511. The molecule has 116 valence electrons. The Hall–Kier alpha value is -0.950. The van der Waals surface area contributed by atoms with Gasteiger partial charge in [0.25, 0.3) is 10.2 Å². The van der Waals surface area contributed by atoms with Gasteiger partial charge in [-0.2, -0.15) is 17.0 Å². The summed E-state index contributed by atoms with van der Waals surface area (Å²) in [5, 5.41) is 0. The number of ether oxygens (including phenoxy) is 1. The van der Waals surface area contributed by atoms with Crippen LogP contribution in [0.2, 0.25) is 0 Å². The standard InChI is InChI=1S/C15H22N2O3S/c1-16(2)21(18,19)17-10-14(12-6-4-3-5-7-12)20-15(11-17)13-8-9-13/h3-7,13-15H,8-11H2,1-2H3/t14-,15+/m0/s1. The highest BCUT2D eigenvalue weighted by molar-refractivity contribution is 7.86. The topological polar surface area (TPSA) is 49.9 Å². The van der Waals surface area contributed by atoms with Gasteiger partial charge in [-0.1, -0.05) is 30.3 Å². The molecule has 1 aliphatic carbocycles. The van der Waals surface area contributed by atoms with Crippen LogP contribution in [0.5, 0.6) is 0 Å². The van der Waals surface area contributed by atoms with Crippen LogP contribution in [0.1, 0.15) is 24.5 Å². The van der Waals surface area contributed by atoms with Crippen LogP contribution in [0.25, 0.3) is 0 Å². The minimum Gasteiger partial charge on any atom is -0.367 e. The highest BCUT2D eigenvalue weighted by atomic mass is 32.2. The zero-order chi connectivity index (χ0) is 15.0. The Kier molecular flexibility index (Phi) is 4.05. The maximum atomic E-state index is 12.4. The van der Waals surface area contributed by atoms with Gasteiger partial charge in [-0.25, -0.2) is 0 Å². The molecule has 0 radical (unpaired) electrons.